The number of rotatable bonds is 8. The van der Waals surface area contributed by atoms with Crippen LogP contribution in [0.2, 0.25) is 0 Å². The summed E-state index contributed by atoms with van der Waals surface area (Å²) in [5.41, 5.74) is 1.32. The second-order valence-electron chi connectivity index (χ2n) is 5.49. The Balaban J connectivity index is 2.38. The fraction of sp³-hybridized carbons (Fsp3) is 0.625. The zero-order valence-corrected chi connectivity index (χ0v) is 12.5. The number of aliphatic hydroxyl groups excluding tert-OH is 1. The minimum atomic E-state index is 0.186. The molecule has 0 spiro atoms. The number of ether oxygens (including phenoxy) is 1. The van der Waals surface area contributed by atoms with Crippen molar-refractivity contribution in [1.82, 2.24) is 5.32 Å². The summed E-state index contributed by atoms with van der Waals surface area (Å²) in [5, 5.41) is 12.8. The van der Waals surface area contributed by atoms with E-state index in [-0.39, 0.29) is 12.6 Å². The van der Waals surface area contributed by atoms with Crippen LogP contribution in [0.3, 0.4) is 0 Å². The molecule has 0 aliphatic heterocycles. The summed E-state index contributed by atoms with van der Waals surface area (Å²) in [7, 11) is 1.68. The van der Waals surface area contributed by atoms with E-state index in [1.54, 1.807) is 7.11 Å². The van der Waals surface area contributed by atoms with Gasteiger partial charge in [-0.15, -0.1) is 0 Å². The van der Waals surface area contributed by atoms with Gasteiger partial charge in [0, 0.05) is 12.1 Å². The number of aliphatic hydroxyl groups is 1. The average molecular weight is 265 g/mol. The van der Waals surface area contributed by atoms with Crippen LogP contribution in [-0.2, 0) is 6.42 Å². The smallest absolute Gasteiger partial charge is 0.118 e. The van der Waals surface area contributed by atoms with E-state index < -0.39 is 0 Å². The molecule has 108 valence electrons. The van der Waals surface area contributed by atoms with Gasteiger partial charge in [0.15, 0.2) is 0 Å². The van der Waals surface area contributed by atoms with Crippen molar-refractivity contribution < 1.29 is 9.84 Å². The standard InChI is InChI=1S/C16H27NO2/c1-12(2)16(11-18)17-13(3)5-6-14-7-9-15(19-4)10-8-14/h7-10,12-13,16-18H,5-6,11H2,1-4H3/t13?,16-/m1/s1. The van der Waals surface area contributed by atoms with Gasteiger partial charge in [0.1, 0.15) is 5.75 Å². The number of hydrogen-bond acceptors (Lipinski definition) is 3. The van der Waals surface area contributed by atoms with Crippen LogP contribution in [0.1, 0.15) is 32.8 Å². The molecule has 0 aromatic heterocycles. The molecule has 2 atom stereocenters. The first kappa shape index (κ1) is 16.0. The van der Waals surface area contributed by atoms with Crippen molar-refractivity contribution in [3.05, 3.63) is 29.8 Å². The molecule has 0 heterocycles. The lowest BCUT2D eigenvalue weighted by Crippen LogP contribution is -2.42. The normalized spacial score (nSPS) is 14.4. The number of hydrogen-bond donors (Lipinski definition) is 2. The highest BCUT2D eigenvalue weighted by molar-refractivity contribution is 5.27. The van der Waals surface area contributed by atoms with Crippen molar-refractivity contribution in [2.24, 2.45) is 5.92 Å². The Morgan fingerprint density at radius 1 is 1.16 bits per heavy atom. The third-order valence-electron chi connectivity index (χ3n) is 3.53. The first-order chi connectivity index (χ1) is 9.06. The third-order valence-corrected chi connectivity index (χ3v) is 3.53. The molecule has 0 amide bonds. The molecule has 0 aliphatic rings. The number of benzene rings is 1. The summed E-state index contributed by atoms with van der Waals surface area (Å²) in [5.74, 6) is 1.35. The van der Waals surface area contributed by atoms with Crippen LogP contribution < -0.4 is 10.1 Å². The van der Waals surface area contributed by atoms with Crippen molar-refractivity contribution in [2.75, 3.05) is 13.7 Å². The first-order valence-corrected chi connectivity index (χ1v) is 7.06. The lowest BCUT2D eigenvalue weighted by atomic mass is 10.0. The first-order valence-electron chi connectivity index (χ1n) is 7.06. The highest BCUT2D eigenvalue weighted by Gasteiger charge is 2.14. The van der Waals surface area contributed by atoms with Crippen LogP contribution in [0.5, 0.6) is 5.75 Å². The molecule has 0 aliphatic carbocycles. The third kappa shape index (κ3) is 5.62. The van der Waals surface area contributed by atoms with E-state index in [2.05, 4.69) is 38.2 Å². The maximum atomic E-state index is 9.31. The topological polar surface area (TPSA) is 41.5 Å². The molecule has 0 radical (unpaired) electrons. The lowest BCUT2D eigenvalue weighted by molar-refractivity contribution is 0.199. The van der Waals surface area contributed by atoms with Crippen molar-refractivity contribution in [1.29, 1.82) is 0 Å². The second-order valence-corrected chi connectivity index (χ2v) is 5.49. The van der Waals surface area contributed by atoms with E-state index in [9.17, 15) is 5.11 Å². The van der Waals surface area contributed by atoms with Gasteiger partial charge >= 0.3 is 0 Å². The molecule has 3 heteroatoms. The summed E-state index contributed by atoms with van der Waals surface area (Å²) in [6.45, 7) is 6.63. The second kappa shape index (κ2) is 8.18. The van der Waals surface area contributed by atoms with Gasteiger partial charge in [-0.2, -0.15) is 0 Å². The fourth-order valence-corrected chi connectivity index (χ4v) is 2.08. The van der Waals surface area contributed by atoms with Gasteiger partial charge in [-0.3, -0.25) is 0 Å². The van der Waals surface area contributed by atoms with Gasteiger partial charge in [-0.25, -0.2) is 0 Å². The molecule has 2 N–H and O–H groups in total. The Morgan fingerprint density at radius 3 is 2.26 bits per heavy atom. The molecule has 1 unspecified atom stereocenters. The fourth-order valence-electron chi connectivity index (χ4n) is 2.08. The Kier molecular flexibility index (Phi) is 6.89. The predicted octanol–water partition coefficient (Wildman–Crippen LogP) is 2.62. The van der Waals surface area contributed by atoms with Gasteiger partial charge in [-0.05, 0) is 43.4 Å². The summed E-state index contributed by atoms with van der Waals surface area (Å²) in [6, 6.07) is 8.80. The highest BCUT2D eigenvalue weighted by Crippen LogP contribution is 2.13. The van der Waals surface area contributed by atoms with Crippen LogP contribution >= 0.6 is 0 Å². The van der Waals surface area contributed by atoms with Crippen molar-refractivity contribution in [2.45, 2.75) is 45.7 Å². The molecule has 1 aromatic rings. The monoisotopic (exact) mass is 265 g/mol. The Morgan fingerprint density at radius 2 is 1.79 bits per heavy atom. The molecule has 19 heavy (non-hydrogen) atoms. The van der Waals surface area contributed by atoms with Crippen LogP contribution in [0.15, 0.2) is 24.3 Å². The van der Waals surface area contributed by atoms with Gasteiger partial charge in [-0.1, -0.05) is 26.0 Å². The van der Waals surface area contributed by atoms with Crippen molar-refractivity contribution in [3.8, 4) is 5.75 Å². The molecular formula is C16H27NO2. The summed E-state index contributed by atoms with van der Waals surface area (Å²) in [4.78, 5) is 0. The number of aryl methyl sites for hydroxylation is 1. The minimum Gasteiger partial charge on any atom is -0.497 e. The van der Waals surface area contributed by atoms with E-state index >= 15 is 0 Å². The van der Waals surface area contributed by atoms with Crippen LogP contribution in [0, 0.1) is 5.92 Å². The van der Waals surface area contributed by atoms with Gasteiger partial charge in [0.05, 0.1) is 13.7 Å². The van der Waals surface area contributed by atoms with E-state index in [0.717, 1.165) is 18.6 Å². The van der Waals surface area contributed by atoms with Crippen LogP contribution in [0.4, 0.5) is 0 Å². The lowest BCUT2D eigenvalue weighted by Gasteiger charge is -2.24. The molecule has 1 aromatic carbocycles. The van der Waals surface area contributed by atoms with Gasteiger partial charge in [0.25, 0.3) is 0 Å². The largest absolute Gasteiger partial charge is 0.497 e. The Hall–Kier alpha value is -1.06. The maximum Gasteiger partial charge on any atom is 0.118 e. The average Bonchev–Trinajstić information content (AvgIpc) is 2.42. The van der Waals surface area contributed by atoms with Crippen LogP contribution in [0.25, 0.3) is 0 Å². The van der Waals surface area contributed by atoms with E-state index in [1.807, 2.05) is 12.1 Å². The molecule has 0 saturated carbocycles. The molecule has 1 rings (SSSR count). The van der Waals surface area contributed by atoms with E-state index in [0.29, 0.717) is 12.0 Å². The Bertz CT molecular complexity index is 348. The van der Waals surface area contributed by atoms with Gasteiger partial charge < -0.3 is 15.2 Å². The van der Waals surface area contributed by atoms with Crippen molar-refractivity contribution in [3.63, 3.8) is 0 Å². The van der Waals surface area contributed by atoms with Gasteiger partial charge in [0.2, 0.25) is 0 Å². The number of methoxy groups -OCH3 is 1. The number of nitrogens with one attached hydrogen (secondary N) is 1. The van der Waals surface area contributed by atoms with Crippen LogP contribution in [-0.4, -0.2) is 30.9 Å². The zero-order chi connectivity index (χ0) is 14.3. The van der Waals surface area contributed by atoms with E-state index in [4.69, 9.17) is 4.74 Å². The summed E-state index contributed by atoms with van der Waals surface area (Å²) >= 11 is 0. The predicted molar refractivity (Wildman–Crippen MR) is 79.6 cm³/mol. The minimum absolute atomic E-state index is 0.186. The summed E-state index contributed by atoms with van der Waals surface area (Å²) in [6.07, 6.45) is 2.10. The molecule has 3 nitrogen and oxygen atoms in total. The quantitative estimate of drug-likeness (QED) is 0.759. The molecule has 0 saturated heterocycles. The Labute approximate surface area is 117 Å². The maximum absolute atomic E-state index is 9.31. The molecule has 0 fully saturated rings. The zero-order valence-electron chi connectivity index (χ0n) is 12.5. The molecular weight excluding hydrogens is 238 g/mol. The highest BCUT2D eigenvalue weighted by atomic mass is 16.5. The van der Waals surface area contributed by atoms with Crippen molar-refractivity contribution >= 4 is 0 Å². The summed E-state index contributed by atoms with van der Waals surface area (Å²) < 4.78 is 5.15. The molecule has 0 bridgehead atoms. The van der Waals surface area contributed by atoms with E-state index in [1.165, 1.54) is 5.56 Å². The SMILES string of the molecule is COc1ccc(CCC(C)N[C@H](CO)C(C)C)cc1.